The van der Waals surface area contributed by atoms with Gasteiger partial charge in [0.1, 0.15) is 5.83 Å². The molecular weight excluding hydrogens is 237 g/mol. The number of rotatable bonds is 1. The molecule has 9 heavy (non-hydrogen) atoms. The van der Waals surface area contributed by atoms with Gasteiger partial charge in [-0.15, -0.1) is 0 Å². The van der Waals surface area contributed by atoms with Crippen molar-refractivity contribution in [2.45, 2.75) is 13.8 Å². The lowest BCUT2D eigenvalue weighted by molar-refractivity contribution is 0.613. The quantitative estimate of drug-likeness (QED) is 0.489. The van der Waals surface area contributed by atoms with E-state index in [1.54, 1.807) is 29.5 Å². The maximum absolute atomic E-state index is 12.3. The van der Waals surface area contributed by atoms with Gasteiger partial charge in [-0.2, -0.15) is 0 Å². The van der Waals surface area contributed by atoms with Gasteiger partial charge in [0, 0.05) is 9.66 Å². The summed E-state index contributed by atoms with van der Waals surface area (Å²) in [5.74, 6) is -1.01. The van der Waals surface area contributed by atoms with E-state index in [-0.39, 0.29) is 0 Å². The van der Waals surface area contributed by atoms with Gasteiger partial charge in [-0.05, 0) is 36.4 Å². The number of hydrogen-bond acceptors (Lipinski definition) is 0. The lowest BCUT2D eigenvalue weighted by atomic mass is 10.4. The third-order valence-corrected chi connectivity index (χ3v) is 1.17. The highest BCUT2D eigenvalue weighted by atomic mass is 127. The van der Waals surface area contributed by atoms with E-state index < -0.39 is 11.7 Å². The molecule has 0 nitrogen and oxygen atoms in total. The first-order valence-corrected chi connectivity index (χ1v) is 3.47. The summed E-state index contributed by atoms with van der Waals surface area (Å²) in [6.45, 7) is 2.79. The van der Waals surface area contributed by atoms with Crippen LogP contribution < -0.4 is 0 Å². The third-order valence-electron chi connectivity index (χ3n) is 0.655. The molecule has 0 N–H and O–H groups in total. The van der Waals surface area contributed by atoms with E-state index in [2.05, 4.69) is 0 Å². The summed E-state index contributed by atoms with van der Waals surface area (Å²) in [7, 11) is 0. The van der Waals surface area contributed by atoms with Gasteiger partial charge in [-0.25, -0.2) is 8.78 Å². The molecule has 0 saturated heterocycles. The molecule has 0 heterocycles. The molecule has 0 bridgehead atoms. The largest absolute Gasteiger partial charge is 0.212 e. The van der Waals surface area contributed by atoms with E-state index in [1.807, 2.05) is 0 Å². The average Bonchev–Trinajstić information content (AvgIpc) is 1.63. The summed E-state index contributed by atoms with van der Waals surface area (Å²) in [6.07, 6.45) is 0.863. The summed E-state index contributed by atoms with van der Waals surface area (Å²) >= 11 is 1.80. The van der Waals surface area contributed by atoms with Crippen molar-refractivity contribution in [3.05, 3.63) is 21.3 Å². The molecule has 0 spiro atoms. The van der Waals surface area contributed by atoms with E-state index in [4.69, 9.17) is 0 Å². The highest BCUT2D eigenvalue weighted by molar-refractivity contribution is 14.1. The van der Waals surface area contributed by atoms with Crippen LogP contribution in [0.3, 0.4) is 0 Å². The summed E-state index contributed by atoms with van der Waals surface area (Å²) in [6, 6.07) is 0. The van der Waals surface area contributed by atoms with Gasteiger partial charge in [0.05, 0.1) is 5.83 Å². The number of allylic oxidation sites excluding steroid dienone is 4. The molecule has 3 heteroatoms. The fourth-order valence-corrected chi connectivity index (χ4v) is 0.430. The minimum Gasteiger partial charge on any atom is -0.212 e. The zero-order chi connectivity index (χ0) is 7.44. The van der Waals surface area contributed by atoms with Gasteiger partial charge in [0.25, 0.3) is 0 Å². The minimum absolute atomic E-state index is 0.463. The molecule has 0 rings (SSSR count). The SMILES string of the molecule is C/C(F)=C\C(F)=C(\C)I. The van der Waals surface area contributed by atoms with Crippen LogP contribution in [0.5, 0.6) is 0 Å². The standard InChI is InChI=1S/C6H7F2I/c1-4(7)3-6(8)5(2)9/h3H,1-2H3/b4-3+,6-5+. The van der Waals surface area contributed by atoms with Crippen molar-refractivity contribution < 1.29 is 8.78 Å². The van der Waals surface area contributed by atoms with Crippen LogP contribution in [-0.2, 0) is 0 Å². The number of hydrogen-bond donors (Lipinski definition) is 0. The van der Waals surface area contributed by atoms with Gasteiger partial charge < -0.3 is 0 Å². The van der Waals surface area contributed by atoms with Crippen LogP contribution >= 0.6 is 22.6 Å². The predicted molar refractivity (Wildman–Crippen MR) is 42.7 cm³/mol. The molecule has 0 aromatic rings. The van der Waals surface area contributed by atoms with Crippen molar-refractivity contribution in [3.63, 3.8) is 0 Å². The molecule has 0 amide bonds. The van der Waals surface area contributed by atoms with Crippen molar-refractivity contribution in [1.29, 1.82) is 0 Å². The Bertz CT molecular complexity index is 150. The summed E-state index contributed by atoms with van der Waals surface area (Å²) in [5.41, 5.74) is 0. The smallest absolute Gasteiger partial charge is 0.134 e. The van der Waals surface area contributed by atoms with Gasteiger partial charge in [0.15, 0.2) is 0 Å². The monoisotopic (exact) mass is 244 g/mol. The molecule has 52 valence electrons. The Morgan fingerprint density at radius 1 is 1.33 bits per heavy atom. The zero-order valence-electron chi connectivity index (χ0n) is 5.21. The maximum atomic E-state index is 12.3. The van der Waals surface area contributed by atoms with E-state index in [0.29, 0.717) is 3.58 Å². The summed E-state index contributed by atoms with van der Waals surface area (Å²) < 4.78 is 24.7. The predicted octanol–water partition coefficient (Wildman–Crippen LogP) is 3.50. The summed E-state index contributed by atoms with van der Waals surface area (Å²) in [5, 5.41) is 0. The van der Waals surface area contributed by atoms with E-state index in [1.165, 1.54) is 6.92 Å². The van der Waals surface area contributed by atoms with Gasteiger partial charge in [-0.3, -0.25) is 0 Å². The van der Waals surface area contributed by atoms with Crippen LogP contribution in [0, 0.1) is 0 Å². The molecule has 0 saturated carbocycles. The Morgan fingerprint density at radius 2 is 1.78 bits per heavy atom. The Labute approximate surface area is 66.8 Å². The van der Waals surface area contributed by atoms with E-state index in [9.17, 15) is 8.78 Å². The molecule has 0 fully saturated rings. The molecule has 0 aliphatic rings. The Kier molecular flexibility index (Phi) is 4.01. The first-order valence-electron chi connectivity index (χ1n) is 2.39. The maximum Gasteiger partial charge on any atom is 0.134 e. The zero-order valence-corrected chi connectivity index (χ0v) is 7.37. The lowest BCUT2D eigenvalue weighted by Crippen LogP contribution is -1.68. The van der Waals surface area contributed by atoms with Crippen LogP contribution in [0.1, 0.15) is 13.8 Å². The third kappa shape index (κ3) is 4.57. The molecule has 0 aliphatic carbocycles. The second kappa shape index (κ2) is 3.98. The lowest BCUT2D eigenvalue weighted by Gasteiger charge is -1.87. The molecule has 0 aromatic heterocycles. The Hall–Kier alpha value is 0.0700. The Balaban J connectivity index is 4.25. The summed E-state index contributed by atoms with van der Waals surface area (Å²) in [4.78, 5) is 0. The Morgan fingerprint density at radius 3 is 1.89 bits per heavy atom. The molecule has 0 unspecified atom stereocenters. The fourth-order valence-electron chi connectivity index (χ4n) is 0.274. The molecule has 0 radical (unpaired) electrons. The fraction of sp³-hybridized carbons (Fsp3) is 0.333. The highest BCUT2D eigenvalue weighted by Crippen LogP contribution is 2.15. The van der Waals surface area contributed by atoms with Crippen molar-refractivity contribution >= 4 is 22.6 Å². The van der Waals surface area contributed by atoms with Crippen LogP contribution in [0.4, 0.5) is 8.78 Å². The molecule has 0 aromatic carbocycles. The van der Waals surface area contributed by atoms with Crippen molar-refractivity contribution in [2.75, 3.05) is 0 Å². The van der Waals surface area contributed by atoms with Gasteiger partial charge in [-0.1, -0.05) is 0 Å². The second-order valence-corrected chi connectivity index (χ2v) is 3.23. The topological polar surface area (TPSA) is 0 Å². The van der Waals surface area contributed by atoms with Crippen molar-refractivity contribution in [2.24, 2.45) is 0 Å². The molecule has 0 aliphatic heterocycles. The van der Waals surface area contributed by atoms with Crippen molar-refractivity contribution in [3.8, 4) is 0 Å². The van der Waals surface area contributed by atoms with E-state index >= 15 is 0 Å². The first-order chi connectivity index (χ1) is 4.04. The van der Waals surface area contributed by atoms with Crippen molar-refractivity contribution in [1.82, 2.24) is 0 Å². The highest BCUT2D eigenvalue weighted by Gasteiger charge is 1.93. The van der Waals surface area contributed by atoms with E-state index in [0.717, 1.165) is 6.08 Å². The van der Waals surface area contributed by atoms with Crippen LogP contribution in [-0.4, -0.2) is 0 Å². The van der Waals surface area contributed by atoms with Crippen LogP contribution in [0.15, 0.2) is 21.3 Å². The van der Waals surface area contributed by atoms with Gasteiger partial charge >= 0.3 is 0 Å². The van der Waals surface area contributed by atoms with Gasteiger partial charge in [0.2, 0.25) is 0 Å². The number of halogens is 3. The van der Waals surface area contributed by atoms with Crippen LogP contribution in [0.2, 0.25) is 0 Å². The average molecular weight is 244 g/mol. The molecular formula is C6H7F2I. The minimum atomic E-state index is -0.511. The van der Waals surface area contributed by atoms with Crippen LogP contribution in [0.25, 0.3) is 0 Å². The first kappa shape index (κ1) is 9.07. The normalized spacial score (nSPS) is 15.4. The molecule has 0 atom stereocenters. The second-order valence-electron chi connectivity index (χ2n) is 1.61.